The summed E-state index contributed by atoms with van der Waals surface area (Å²) in [5.41, 5.74) is 0.818. The number of amides is 2. The summed E-state index contributed by atoms with van der Waals surface area (Å²) < 4.78 is 10.5. The lowest BCUT2D eigenvalue weighted by molar-refractivity contribution is -0.134. The number of carbonyl (C=O) groups is 2. The summed E-state index contributed by atoms with van der Waals surface area (Å²) >= 11 is 0. The first-order valence-electron chi connectivity index (χ1n) is 8.66. The van der Waals surface area contributed by atoms with Gasteiger partial charge in [0.1, 0.15) is 6.61 Å². The number of carbonyl (C=O) groups excluding carboxylic acids is 2. The number of pyridine rings is 1. The highest BCUT2D eigenvalue weighted by Crippen LogP contribution is 2.44. The third-order valence-corrected chi connectivity index (χ3v) is 5.29. The summed E-state index contributed by atoms with van der Waals surface area (Å²) in [5.74, 6) is -0.261. The fourth-order valence-electron chi connectivity index (χ4n) is 3.83. The van der Waals surface area contributed by atoms with Crippen molar-refractivity contribution in [3.63, 3.8) is 0 Å². The van der Waals surface area contributed by atoms with E-state index in [0.29, 0.717) is 32.8 Å². The lowest BCUT2D eigenvalue weighted by Crippen LogP contribution is -2.44. The van der Waals surface area contributed by atoms with Gasteiger partial charge in [-0.3, -0.25) is 14.6 Å². The monoisotopic (exact) mass is 347 g/mol. The first kappa shape index (κ1) is 17.8. The molecule has 0 bridgehead atoms. The molecule has 1 N–H and O–H groups in total. The van der Waals surface area contributed by atoms with Crippen molar-refractivity contribution in [3.05, 3.63) is 30.1 Å². The number of hydrogen-bond acceptors (Lipinski definition) is 5. The predicted octanol–water partition coefficient (Wildman–Crippen LogP) is 0.599. The van der Waals surface area contributed by atoms with Crippen molar-refractivity contribution >= 4 is 11.8 Å². The zero-order valence-corrected chi connectivity index (χ0v) is 14.6. The molecule has 7 heteroatoms. The van der Waals surface area contributed by atoms with Gasteiger partial charge in [0.05, 0.1) is 5.92 Å². The molecular weight excluding hydrogens is 322 g/mol. The first-order valence-corrected chi connectivity index (χ1v) is 8.66. The van der Waals surface area contributed by atoms with Crippen LogP contribution in [0.15, 0.2) is 24.5 Å². The van der Waals surface area contributed by atoms with E-state index in [0.717, 1.165) is 18.4 Å². The SMILES string of the molecule is COCC(=O)N1CC(C(=O)NCc2ccncc2)C2(CCOCC2)C1. The molecule has 2 fully saturated rings. The van der Waals surface area contributed by atoms with E-state index in [1.165, 1.54) is 7.11 Å². The van der Waals surface area contributed by atoms with Gasteiger partial charge < -0.3 is 19.7 Å². The van der Waals surface area contributed by atoms with Crippen molar-refractivity contribution in [2.45, 2.75) is 19.4 Å². The number of nitrogens with zero attached hydrogens (tertiary/aromatic N) is 2. The van der Waals surface area contributed by atoms with Crippen molar-refractivity contribution in [2.24, 2.45) is 11.3 Å². The number of hydrogen-bond donors (Lipinski definition) is 1. The Morgan fingerprint density at radius 1 is 1.36 bits per heavy atom. The van der Waals surface area contributed by atoms with E-state index in [1.54, 1.807) is 17.3 Å². The van der Waals surface area contributed by atoms with Crippen LogP contribution in [0.4, 0.5) is 0 Å². The Morgan fingerprint density at radius 3 is 2.76 bits per heavy atom. The van der Waals surface area contributed by atoms with Gasteiger partial charge in [0, 0.05) is 57.8 Å². The van der Waals surface area contributed by atoms with Crippen molar-refractivity contribution in [2.75, 3.05) is 40.0 Å². The Morgan fingerprint density at radius 2 is 2.08 bits per heavy atom. The van der Waals surface area contributed by atoms with Gasteiger partial charge in [0.2, 0.25) is 11.8 Å². The molecule has 0 saturated carbocycles. The molecule has 1 atom stereocenters. The minimum absolute atomic E-state index is 0.00595. The van der Waals surface area contributed by atoms with Crippen LogP contribution in [0.1, 0.15) is 18.4 Å². The zero-order chi connectivity index (χ0) is 17.7. The molecule has 2 aliphatic rings. The standard InChI is InChI=1S/C18H25N3O4/c1-24-12-16(22)21-11-15(18(13-21)4-8-25-9-5-18)17(23)20-10-14-2-6-19-7-3-14/h2-3,6-7,15H,4-5,8-13H2,1H3,(H,20,23). The zero-order valence-electron chi connectivity index (χ0n) is 14.6. The van der Waals surface area contributed by atoms with E-state index in [1.807, 2.05) is 12.1 Å². The smallest absolute Gasteiger partial charge is 0.248 e. The number of likely N-dealkylation sites (tertiary alicyclic amines) is 1. The molecule has 2 amide bonds. The predicted molar refractivity (Wildman–Crippen MR) is 90.5 cm³/mol. The Kier molecular flexibility index (Phi) is 5.65. The average Bonchev–Trinajstić information content (AvgIpc) is 3.00. The molecule has 0 aliphatic carbocycles. The van der Waals surface area contributed by atoms with E-state index >= 15 is 0 Å². The lowest BCUT2D eigenvalue weighted by atomic mass is 9.71. The maximum absolute atomic E-state index is 12.9. The largest absolute Gasteiger partial charge is 0.381 e. The fourth-order valence-corrected chi connectivity index (χ4v) is 3.83. The molecule has 0 aromatic carbocycles. The first-order chi connectivity index (χ1) is 12.1. The molecular formula is C18H25N3O4. The van der Waals surface area contributed by atoms with Crippen LogP contribution in [0, 0.1) is 11.3 Å². The van der Waals surface area contributed by atoms with Crippen LogP contribution in [0.5, 0.6) is 0 Å². The van der Waals surface area contributed by atoms with Gasteiger partial charge in [0.15, 0.2) is 0 Å². The summed E-state index contributed by atoms with van der Waals surface area (Å²) in [7, 11) is 1.51. The van der Waals surface area contributed by atoms with Crippen LogP contribution in [0.3, 0.4) is 0 Å². The molecule has 136 valence electrons. The summed E-state index contributed by atoms with van der Waals surface area (Å²) in [6.07, 6.45) is 5.03. The van der Waals surface area contributed by atoms with E-state index in [2.05, 4.69) is 10.3 Å². The van der Waals surface area contributed by atoms with E-state index in [9.17, 15) is 9.59 Å². The number of nitrogens with one attached hydrogen (secondary N) is 1. The molecule has 1 unspecified atom stereocenters. The van der Waals surface area contributed by atoms with Crippen LogP contribution >= 0.6 is 0 Å². The molecule has 25 heavy (non-hydrogen) atoms. The third kappa shape index (κ3) is 3.99. The number of methoxy groups -OCH3 is 1. The van der Waals surface area contributed by atoms with Gasteiger partial charge in [-0.2, -0.15) is 0 Å². The van der Waals surface area contributed by atoms with Crippen molar-refractivity contribution in [3.8, 4) is 0 Å². The van der Waals surface area contributed by atoms with Gasteiger partial charge >= 0.3 is 0 Å². The highest BCUT2D eigenvalue weighted by atomic mass is 16.5. The molecule has 3 rings (SSSR count). The number of rotatable bonds is 5. The Labute approximate surface area is 147 Å². The van der Waals surface area contributed by atoms with Crippen LogP contribution in [0.25, 0.3) is 0 Å². The normalized spacial score (nSPS) is 22.1. The Balaban J connectivity index is 1.69. The quantitative estimate of drug-likeness (QED) is 0.844. The topological polar surface area (TPSA) is 80.8 Å². The van der Waals surface area contributed by atoms with Gasteiger partial charge in [-0.1, -0.05) is 0 Å². The molecule has 7 nitrogen and oxygen atoms in total. The molecule has 2 saturated heterocycles. The second kappa shape index (κ2) is 7.93. The minimum atomic E-state index is -0.209. The van der Waals surface area contributed by atoms with Crippen LogP contribution in [-0.2, 0) is 25.6 Å². The second-order valence-electron chi connectivity index (χ2n) is 6.81. The Hall–Kier alpha value is -1.99. The van der Waals surface area contributed by atoms with Crippen molar-refractivity contribution in [1.29, 1.82) is 0 Å². The van der Waals surface area contributed by atoms with Crippen molar-refractivity contribution < 1.29 is 19.1 Å². The molecule has 1 spiro atoms. The fraction of sp³-hybridized carbons (Fsp3) is 0.611. The summed E-state index contributed by atoms with van der Waals surface area (Å²) in [5, 5.41) is 3.03. The Bertz CT molecular complexity index is 602. The molecule has 1 aromatic rings. The summed E-state index contributed by atoms with van der Waals surface area (Å²) in [4.78, 5) is 30.9. The summed E-state index contributed by atoms with van der Waals surface area (Å²) in [6.45, 7) is 2.85. The van der Waals surface area contributed by atoms with E-state index in [-0.39, 0.29) is 29.8 Å². The average molecular weight is 347 g/mol. The minimum Gasteiger partial charge on any atom is -0.381 e. The highest BCUT2D eigenvalue weighted by molar-refractivity contribution is 5.83. The molecule has 2 aliphatic heterocycles. The van der Waals surface area contributed by atoms with Gasteiger partial charge in [-0.05, 0) is 30.5 Å². The lowest BCUT2D eigenvalue weighted by Gasteiger charge is -2.37. The van der Waals surface area contributed by atoms with Crippen LogP contribution in [0.2, 0.25) is 0 Å². The van der Waals surface area contributed by atoms with Crippen LogP contribution < -0.4 is 5.32 Å². The van der Waals surface area contributed by atoms with Gasteiger partial charge in [-0.25, -0.2) is 0 Å². The van der Waals surface area contributed by atoms with E-state index in [4.69, 9.17) is 9.47 Å². The van der Waals surface area contributed by atoms with E-state index < -0.39 is 0 Å². The summed E-state index contributed by atoms with van der Waals surface area (Å²) in [6, 6.07) is 3.77. The van der Waals surface area contributed by atoms with Crippen molar-refractivity contribution in [1.82, 2.24) is 15.2 Å². The maximum Gasteiger partial charge on any atom is 0.248 e. The van der Waals surface area contributed by atoms with Gasteiger partial charge in [-0.15, -0.1) is 0 Å². The molecule has 0 radical (unpaired) electrons. The van der Waals surface area contributed by atoms with Crippen LogP contribution in [-0.4, -0.2) is 61.7 Å². The third-order valence-electron chi connectivity index (χ3n) is 5.29. The molecule has 3 heterocycles. The highest BCUT2D eigenvalue weighted by Gasteiger charge is 2.51. The second-order valence-corrected chi connectivity index (χ2v) is 6.81. The number of aromatic nitrogens is 1. The number of ether oxygens (including phenoxy) is 2. The molecule has 1 aromatic heterocycles. The maximum atomic E-state index is 12.9. The van der Waals surface area contributed by atoms with Gasteiger partial charge in [0.25, 0.3) is 0 Å².